The van der Waals surface area contributed by atoms with Crippen LogP contribution in [0.1, 0.15) is 29.3 Å². The molecular weight excluding hydrogens is 291 g/mol. The third-order valence-electron chi connectivity index (χ3n) is 3.05. The zero-order valence-corrected chi connectivity index (χ0v) is 12.5. The van der Waals surface area contributed by atoms with Crippen LogP contribution in [-0.2, 0) is 6.42 Å². The molecule has 0 radical (unpaired) electrons. The van der Waals surface area contributed by atoms with E-state index >= 15 is 0 Å². The van der Waals surface area contributed by atoms with Crippen LogP contribution in [0.2, 0.25) is 5.02 Å². The minimum atomic E-state index is -0.459. The van der Waals surface area contributed by atoms with Crippen LogP contribution in [0.15, 0.2) is 42.5 Å². The van der Waals surface area contributed by atoms with E-state index in [4.69, 9.17) is 16.3 Å². The van der Waals surface area contributed by atoms with Crippen molar-refractivity contribution >= 4 is 17.4 Å². The lowest BCUT2D eigenvalue weighted by atomic mass is 10.0. The van der Waals surface area contributed by atoms with Gasteiger partial charge in [-0.3, -0.25) is 4.79 Å². The van der Waals surface area contributed by atoms with E-state index in [2.05, 4.69) is 0 Å². The monoisotopic (exact) mass is 306 g/mol. The third-order valence-corrected chi connectivity index (χ3v) is 3.40. The zero-order valence-electron chi connectivity index (χ0n) is 11.7. The predicted octanol–water partition coefficient (Wildman–Crippen LogP) is 4.69. The molecule has 4 heteroatoms. The molecule has 0 unspecified atom stereocenters. The SMILES string of the molecule is CCCOc1ccc(C(=O)Cc2c(F)cccc2Cl)cc1. The molecule has 0 aliphatic rings. The van der Waals surface area contributed by atoms with Gasteiger partial charge in [-0.25, -0.2) is 4.39 Å². The van der Waals surface area contributed by atoms with Crippen LogP contribution >= 0.6 is 11.6 Å². The third kappa shape index (κ3) is 4.05. The quantitative estimate of drug-likeness (QED) is 0.723. The van der Waals surface area contributed by atoms with Crippen LogP contribution in [0, 0.1) is 5.82 Å². The van der Waals surface area contributed by atoms with Crippen molar-refractivity contribution in [3.05, 3.63) is 64.4 Å². The normalized spacial score (nSPS) is 10.4. The van der Waals surface area contributed by atoms with Gasteiger partial charge in [-0.15, -0.1) is 0 Å². The molecular formula is C17H16ClFO2. The Morgan fingerprint density at radius 3 is 2.52 bits per heavy atom. The van der Waals surface area contributed by atoms with E-state index in [1.807, 2.05) is 6.92 Å². The van der Waals surface area contributed by atoms with E-state index in [1.54, 1.807) is 30.3 Å². The molecule has 2 rings (SSSR count). The van der Waals surface area contributed by atoms with Crippen molar-refractivity contribution in [2.45, 2.75) is 19.8 Å². The summed E-state index contributed by atoms with van der Waals surface area (Å²) in [7, 11) is 0. The molecule has 0 aliphatic heterocycles. The van der Waals surface area contributed by atoms with Crippen LogP contribution in [0.4, 0.5) is 4.39 Å². The number of hydrogen-bond acceptors (Lipinski definition) is 2. The Labute approximate surface area is 128 Å². The molecule has 2 aromatic carbocycles. The molecule has 0 spiro atoms. The summed E-state index contributed by atoms with van der Waals surface area (Å²) in [6.45, 7) is 2.66. The number of Topliss-reactive ketones (excluding diaryl/α,β-unsaturated/α-hetero) is 1. The average Bonchev–Trinajstić information content (AvgIpc) is 2.49. The Kier molecular flexibility index (Phi) is 5.34. The van der Waals surface area contributed by atoms with Crippen LogP contribution in [0.25, 0.3) is 0 Å². The van der Waals surface area contributed by atoms with Crippen molar-refractivity contribution in [2.24, 2.45) is 0 Å². The first kappa shape index (κ1) is 15.5. The van der Waals surface area contributed by atoms with Gasteiger partial charge in [0.15, 0.2) is 5.78 Å². The maximum atomic E-state index is 13.7. The number of carbonyl (C=O) groups excluding carboxylic acids is 1. The highest BCUT2D eigenvalue weighted by Crippen LogP contribution is 2.21. The molecule has 0 saturated carbocycles. The summed E-state index contributed by atoms with van der Waals surface area (Å²) in [5.41, 5.74) is 0.744. The van der Waals surface area contributed by atoms with Crippen molar-refractivity contribution in [2.75, 3.05) is 6.61 Å². The maximum absolute atomic E-state index is 13.7. The minimum Gasteiger partial charge on any atom is -0.494 e. The molecule has 0 N–H and O–H groups in total. The van der Waals surface area contributed by atoms with Gasteiger partial charge in [-0.1, -0.05) is 24.6 Å². The van der Waals surface area contributed by atoms with Gasteiger partial charge < -0.3 is 4.74 Å². The lowest BCUT2D eigenvalue weighted by Crippen LogP contribution is -2.06. The van der Waals surface area contributed by atoms with Gasteiger partial charge in [0.25, 0.3) is 0 Å². The number of ketones is 1. The van der Waals surface area contributed by atoms with Gasteiger partial charge in [0, 0.05) is 22.6 Å². The van der Waals surface area contributed by atoms with Gasteiger partial charge in [0.05, 0.1) is 6.61 Å². The summed E-state index contributed by atoms with van der Waals surface area (Å²) in [5, 5.41) is 0.270. The molecule has 0 bridgehead atoms. The fraction of sp³-hybridized carbons (Fsp3) is 0.235. The molecule has 0 fully saturated rings. The molecule has 110 valence electrons. The van der Waals surface area contributed by atoms with Crippen molar-refractivity contribution in [1.29, 1.82) is 0 Å². The molecule has 0 saturated heterocycles. The summed E-state index contributed by atoms with van der Waals surface area (Å²) in [5.74, 6) is 0.0834. The molecule has 0 atom stereocenters. The zero-order chi connectivity index (χ0) is 15.2. The minimum absolute atomic E-state index is 0.0549. The van der Waals surface area contributed by atoms with Gasteiger partial charge in [0.2, 0.25) is 0 Å². The molecule has 21 heavy (non-hydrogen) atoms. The van der Waals surface area contributed by atoms with E-state index in [1.165, 1.54) is 12.1 Å². The van der Waals surface area contributed by atoms with Crippen LogP contribution in [0.3, 0.4) is 0 Å². The van der Waals surface area contributed by atoms with E-state index in [-0.39, 0.29) is 22.8 Å². The first-order valence-corrected chi connectivity index (χ1v) is 7.18. The molecule has 2 nitrogen and oxygen atoms in total. The lowest BCUT2D eigenvalue weighted by molar-refractivity contribution is 0.0992. The smallest absolute Gasteiger partial charge is 0.167 e. The van der Waals surface area contributed by atoms with Gasteiger partial charge >= 0.3 is 0 Å². The summed E-state index contributed by atoms with van der Waals surface area (Å²) in [6.07, 6.45) is 0.868. The average molecular weight is 307 g/mol. The Morgan fingerprint density at radius 1 is 1.19 bits per heavy atom. The number of carbonyl (C=O) groups is 1. The molecule has 2 aromatic rings. The molecule has 0 aromatic heterocycles. The van der Waals surface area contributed by atoms with E-state index < -0.39 is 5.82 Å². The molecule has 0 aliphatic carbocycles. The second-order valence-corrected chi connectivity index (χ2v) is 5.08. The summed E-state index contributed by atoms with van der Waals surface area (Å²) >= 11 is 5.93. The van der Waals surface area contributed by atoms with Gasteiger partial charge in [-0.05, 0) is 42.8 Å². The highest BCUT2D eigenvalue weighted by Gasteiger charge is 2.13. The lowest BCUT2D eigenvalue weighted by Gasteiger charge is -2.07. The number of hydrogen-bond donors (Lipinski definition) is 0. The van der Waals surface area contributed by atoms with Crippen LogP contribution < -0.4 is 4.74 Å². The summed E-state index contributed by atoms with van der Waals surface area (Å²) in [4.78, 5) is 12.2. The summed E-state index contributed by atoms with van der Waals surface area (Å²) in [6, 6.07) is 11.2. The molecule has 0 heterocycles. The Morgan fingerprint density at radius 2 is 1.90 bits per heavy atom. The van der Waals surface area contributed by atoms with E-state index in [0.717, 1.165) is 12.2 Å². The fourth-order valence-electron chi connectivity index (χ4n) is 1.92. The Hall–Kier alpha value is -1.87. The first-order valence-electron chi connectivity index (χ1n) is 6.80. The van der Waals surface area contributed by atoms with E-state index in [0.29, 0.717) is 12.2 Å². The van der Waals surface area contributed by atoms with Crippen molar-refractivity contribution < 1.29 is 13.9 Å². The van der Waals surface area contributed by atoms with Gasteiger partial charge in [0.1, 0.15) is 11.6 Å². The first-order chi connectivity index (χ1) is 10.1. The second-order valence-electron chi connectivity index (χ2n) is 4.67. The fourth-order valence-corrected chi connectivity index (χ4v) is 2.15. The Balaban J connectivity index is 2.10. The van der Waals surface area contributed by atoms with Crippen molar-refractivity contribution in [3.8, 4) is 5.75 Å². The second kappa shape index (κ2) is 7.23. The van der Waals surface area contributed by atoms with Crippen LogP contribution in [0.5, 0.6) is 5.75 Å². The van der Waals surface area contributed by atoms with Crippen molar-refractivity contribution in [1.82, 2.24) is 0 Å². The van der Waals surface area contributed by atoms with E-state index in [9.17, 15) is 9.18 Å². The topological polar surface area (TPSA) is 26.3 Å². The van der Waals surface area contributed by atoms with Crippen molar-refractivity contribution in [3.63, 3.8) is 0 Å². The number of rotatable bonds is 6. The highest BCUT2D eigenvalue weighted by molar-refractivity contribution is 6.31. The molecule has 0 amide bonds. The highest BCUT2D eigenvalue weighted by atomic mass is 35.5. The number of benzene rings is 2. The predicted molar refractivity (Wildman–Crippen MR) is 81.7 cm³/mol. The largest absolute Gasteiger partial charge is 0.494 e. The number of ether oxygens (including phenoxy) is 1. The van der Waals surface area contributed by atoms with Crippen LogP contribution in [-0.4, -0.2) is 12.4 Å². The Bertz CT molecular complexity index is 603. The number of halogens is 2. The summed E-state index contributed by atoms with van der Waals surface area (Å²) < 4.78 is 19.1. The maximum Gasteiger partial charge on any atom is 0.167 e. The standard InChI is InChI=1S/C17H16ClFO2/c1-2-10-21-13-8-6-12(7-9-13)17(20)11-14-15(18)4-3-5-16(14)19/h3-9H,2,10-11H2,1H3. The van der Waals surface area contributed by atoms with Gasteiger partial charge in [-0.2, -0.15) is 0 Å².